The van der Waals surface area contributed by atoms with Crippen LogP contribution in [0.1, 0.15) is 44.2 Å². The Morgan fingerprint density at radius 2 is 1.68 bits per heavy atom. The number of hydrogen-bond acceptors (Lipinski definition) is 4. The number of nitrogens with zero attached hydrogens (tertiary/aromatic N) is 2. The molecular weight excluding hydrogens is 450 g/mol. The Hall–Kier alpha value is -2.71. The summed E-state index contributed by atoms with van der Waals surface area (Å²) in [6.45, 7) is 5.41. The van der Waals surface area contributed by atoms with Crippen LogP contribution in [0.2, 0.25) is 0 Å². The number of nitrogens with one attached hydrogen (secondary N) is 1. The summed E-state index contributed by atoms with van der Waals surface area (Å²) in [5.74, 6) is -0.447. The molecule has 2 aliphatic heterocycles. The fourth-order valence-electron chi connectivity index (χ4n) is 4.71. The van der Waals surface area contributed by atoms with Crippen molar-refractivity contribution in [1.29, 1.82) is 0 Å². The number of carbonyl (C=O) groups is 2. The summed E-state index contributed by atoms with van der Waals surface area (Å²) in [5.41, 5.74) is 2.47. The van der Waals surface area contributed by atoms with Crippen molar-refractivity contribution in [3.63, 3.8) is 0 Å². The van der Waals surface area contributed by atoms with E-state index in [9.17, 15) is 18.0 Å². The van der Waals surface area contributed by atoms with Crippen LogP contribution in [0.25, 0.3) is 0 Å². The first-order valence-electron chi connectivity index (χ1n) is 12.0. The molecule has 0 saturated carbocycles. The lowest BCUT2D eigenvalue weighted by atomic mass is 10.0. The first-order valence-corrected chi connectivity index (χ1v) is 13.5. The van der Waals surface area contributed by atoms with Crippen molar-refractivity contribution >= 4 is 27.5 Å². The molecule has 2 aliphatic rings. The molecule has 1 unspecified atom stereocenters. The topological polar surface area (TPSA) is 86.8 Å². The lowest BCUT2D eigenvalue weighted by Gasteiger charge is -2.28. The highest BCUT2D eigenvalue weighted by atomic mass is 32.2. The van der Waals surface area contributed by atoms with Crippen molar-refractivity contribution in [3.05, 3.63) is 59.7 Å². The normalized spacial score (nSPS) is 17.4. The van der Waals surface area contributed by atoms with Crippen LogP contribution in [-0.4, -0.2) is 50.2 Å². The Labute approximate surface area is 202 Å². The van der Waals surface area contributed by atoms with Crippen molar-refractivity contribution in [3.8, 4) is 0 Å². The van der Waals surface area contributed by atoms with Gasteiger partial charge < -0.3 is 10.2 Å². The third-order valence-corrected chi connectivity index (χ3v) is 8.52. The fraction of sp³-hybridized carbons (Fsp3) is 0.462. The van der Waals surface area contributed by atoms with Gasteiger partial charge in [-0.05, 0) is 54.5 Å². The summed E-state index contributed by atoms with van der Waals surface area (Å²) >= 11 is 0. The summed E-state index contributed by atoms with van der Waals surface area (Å²) < 4.78 is 27.7. The molecule has 182 valence electrons. The van der Waals surface area contributed by atoms with Crippen LogP contribution in [0.15, 0.2) is 53.4 Å². The zero-order valence-corrected chi connectivity index (χ0v) is 20.7. The molecule has 0 aromatic heterocycles. The van der Waals surface area contributed by atoms with E-state index in [4.69, 9.17) is 0 Å². The van der Waals surface area contributed by atoms with Gasteiger partial charge in [0, 0.05) is 25.3 Å². The molecule has 1 saturated heterocycles. The molecule has 0 spiro atoms. The minimum Gasteiger partial charge on any atom is -0.344 e. The lowest BCUT2D eigenvalue weighted by Crippen LogP contribution is -2.51. The molecule has 0 bridgehead atoms. The molecule has 1 atom stereocenters. The first kappa shape index (κ1) is 24.4. The lowest BCUT2D eigenvalue weighted by molar-refractivity contribution is -0.128. The molecule has 8 heteroatoms. The quantitative estimate of drug-likeness (QED) is 0.656. The number of hydrogen-bond donors (Lipinski definition) is 1. The zero-order valence-electron chi connectivity index (χ0n) is 19.9. The number of rotatable bonds is 7. The molecule has 7 nitrogen and oxygen atoms in total. The minimum absolute atomic E-state index is 0.0879. The van der Waals surface area contributed by atoms with Gasteiger partial charge in [0.05, 0.1) is 11.3 Å². The Morgan fingerprint density at radius 3 is 2.35 bits per heavy atom. The molecule has 4 rings (SSSR count). The van der Waals surface area contributed by atoms with Gasteiger partial charge in [-0.3, -0.25) is 9.59 Å². The number of carbonyl (C=O) groups excluding carboxylic acids is 2. The maximum atomic E-state index is 13.5. The summed E-state index contributed by atoms with van der Waals surface area (Å²) in [6.07, 6.45) is 3.64. The van der Waals surface area contributed by atoms with E-state index in [1.807, 2.05) is 44.2 Å². The Kier molecular flexibility index (Phi) is 7.38. The smallest absolute Gasteiger partial charge is 0.249 e. The molecule has 2 aromatic rings. The van der Waals surface area contributed by atoms with Gasteiger partial charge in [0.2, 0.25) is 21.8 Å². The van der Waals surface area contributed by atoms with Crippen LogP contribution in [0.5, 0.6) is 0 Å². The standard InChI is InChI=1S/C26H33N3O4S/c1-19(2)25(27-24(30)17-20-9-5-3-6-10-20)26(31)29-16-13-21-18-22(11-12-23(21)29)34(32,33)28-14-7-4-8-15-28/h3,5-6,9-12,18-19,25H,4,7-8,13-17H2,1-2H3,(H,27,30). The predicted molar refractivity (Wildman–Crippen MR) is 132 cm³/mol. The monoisotopic (exact) mass is 483 g/mol. The first-order chi connectivity index (χ1) is 16.3. The summed E-state index contributed by atoms with van der Waals surface area (Å²) in [5, 5.41) is 2.92. The summed E-state index contributed by atoms with van der Waals surface area (Å²) in [6, 6.07) is 13.8. The second-order valence-corrected chi connectivity index (χ2v) is 11.4. The second kappa shape index (κ2) is 10.3. The van der Waals surface area contributed by atoms with E-state index in [0.29, 0.717) is 31.0 Å². The van der Waals surface area contributed by atoms with Crippen molar-refractivity contribution in [2.24, 2.45) is 5.92 Å². The van der Waals surface area contributed by atoms with Crippen LogP contribution in [-0.2, 0) is 32.5 Å². The van der Waals surface area contributed by atoms with Gasteiger partial charge in [-0.15, -0.1) is 0 Å². The van der Waals surface area contributed by atoms with Gasteiger partial charge in [0.25, 0.3) is 0 Å². The Balaban J connectivity index is 1.49. The van der Waals surface area contributed by atoms with Crippen LogP contribution < -0.4 is 10.2 Å². The molecule has 1 N–H and O–H groups in total. The Morgan fingerprint density at radius 1 is 0.971 bits per heavy atom. The molecule has 34 heavy (non-hydrogen) atoms. The van der Waals surface area contributed by atoms with E-state index in [1.54, 1.807) is 27.4 Å². The van der Waals surface area contributed by atoms with Crippen molar-refractivity contribution in [2.75, 3.05) is 24.5 Å². The van der Waals surface area contributed by atoms with E-state index in [0.717, 1.165) is 36.1 Å². The van der Waals surface area contributed by atoms with Gasteiger partial charge >= 0.3 is 0 Å². The van der Waals surface area contributed by atoms with Crippen LogP contribution in [0, 0.1) is 5.92 Å². The molecule has 0 aliphatic carbocycles. The number of fused-ring (bicyclic) bond motifs is 1. The SMILES string of the molecule is CC(C)C(NC(=O)Cc1ccccc1)C(=O)N1CCc2cc(S(=O)(=O)N3CCCCC3)ccc21. The van der Waals surface area contributed by atoms with E-state index < -0.39 is 16.1 Å². The third kappa shape index (κ3) is 5.18. The fourth-order valence-corrected chi connectivity index (χ4v) is 6.28. The minimum atomic E-state index is -3.52. The highest BCUT2D eigenvalue weighted by molar-refractivity contribution is 7.89. The highest BCUT2D eigenvalue weighted by Crippen LogP contribution is 2.32. The molecule has 2 amide bonds. The number of sulfonamides is 1. The summed E-state index contributed by atoms with van der Waals surface area (Å²) in [4.78, 5) is 28.1. The Bertz CT molecular complexity index is 1140. The number of anilines is 1. The van der Waals surface area contributed by atoms with Gasteiger partial charge in [-0.1, -0.05) is 50.6 Å². The number of piperidine rings is 1. The van der Waals surface area contributed by atoms with Crippen molar-refractivity contribution in [2.45, 2.75) is 56.9 Å². The van der Waals surface area contributed by atoms with Crippen molar-refractivity contribution < 1.29 is 18.0 Å². The van der Waals surface area contributed by atoms with Gasteiger partial charge in [-0.2, -0.15) is 4.31 Å². The molecule has 1 fully saturated rings. The number of amides is 2. The van der Waals surface area contributed by atoms with Gasteiger partial charge in [0.15, 0.2) is 0 Å². The maximum absolute atomic E-state index is 13.5. The van der Waals surface area contributed by atoms with Gasteiger partial charge in [-0.25, -0.2) is 8.42 Å². The van der Waals surface area contributed by atoms with E-state index >= 15 is 0 Å². The maximum Gasteiger partial charge on any atom is 0.249 e. The number of benzene rings is 2. The molecule has 2 aromatic carbocycles. The highest BCUT2D eigenvalue weighted by Gasteiger charge is 2.34. The predicted octanol–water partition coefficient (Wildman–Crippen LogP) is 3.13. The molecule has 2 heterocycles. The average molecular weight is 484 g/mol. The largest absolute Gasteiger partial charge is 0.344 e. The van der Waals surface area contributed by atoms with E-state index in [-0.39, 0.29) is 24.2 Å². The third-order valence-electron chi connectivity index (χ3n) is 6.62. The van der Waals surface area contributed by atoms with Crippen molar-refractivity contribution in [1.82, 2.24) is 9.62 Å². The van der Waals surface area contributed by atoms with Gasteiger partial charge in [0.1, 0.15) is 6.04 Å². The molecular formula is C26H33N3O4S. The zero-order chi connectivity index (χ0) is 24.3. The average Bonchev–Trinajstić information content (AvgIpc) is 3.26. The van der Waals surface area contributed by atoms with Crippen LogP contribution in [0.4, 0.5) is 5.69 Å². The summed E-state index contributed by atoms with van der Waals surface area (Å²) in [7, 11) is -3.52. The van der Waals surface area contributed by atoms with Crippen LogP contribution >= 0.6 is 0 Å². The van der Waals surface area contributed by atoms with Crippen LogP contribution in [0.3, 0.4) is 0 Å². The van der Waals surface area contributed by atoms with E-state index in [2.05, 4.69) is 5.32 Å². The molecule has 0 radical (unpaired) electrons. The van der Waals surface area contributed by atoms with E-state index in [1.165, 1.54) is 0 Å². The second-order valence-electron chi connectivity index (χ2n) is 9.45.